The van der Waals surface area contributed by atoms with E-state index in [0.717, 1.165) is 11.1 Å². The fraction of sp³-hybridized carbons (Fsp3) is 0.318. The third kappa shape index (κ3) is 4.76. The molecule has 6 heteroatoms. The summed E-state index contributed by atoms with van der Waals surface area (Å²) in [5, 5.41) is 3.39. The summed E-state index contributed by atoms with van der Waals surface area (Å²) >= 11 is 0. The van der Waals surface area contributed by atoms with Crippen molar-refractivity contribution in [2.45, 2.75) is 45.8 Å². The molecule has 2 aromatic carbocycles. The normalized spacial score (nSPS) is 12.6. The number of carbonyl (C=O) groups is 1. The summed E-state index contributed by atoms with van der Waals surface area (Å²) in [6.07, 6.45) is 0.368. The van der Waals surface area contributed by atoms with Gasteiger partial charge in [-0.25, -0.2) is 9.59 Å². The highest BCUT2D eigenvalue weighted by Gasteiger charge is 2.27. The Morgan fingerprint density at radius 2 is 1.86 bits per heavy atom. The summed E-state index contributed by atoms with van der Waals surface area (Å²) in [7, 11) is 0. The smallest absolute Gasteiger partial charge is 0.348 e. The molecule has 28 heavy (non-hydrogen) atoms. The van der Waals surface area contributed by atoms with E-state index < -0.39 is 23.2 Å². The zero-order valence-corrected chi connectivity index (χ0v) is 16.5. The van der Waals surface area contributed by atoms with Crippen molar-refractivity contribution >= 4 is 22.9 Å². The lowest BCUT2D eigenvalue weighted by molar-refractivity contribution is -0.155. The summed E-state index contributed by atoms with van der Waals surface area (Å²) < 4.78 is 10.9. The molecule has 0 bridgehead atoms. The lowest BCUT2D eigenvalue weighted by Gasteiger charge is -2.24. The maximum atomic E-state index is 12.7. The van der Waals surface area contributed by atoms with Crippen molar-refractivity contribution < 1.29 is 13.9 Å². The minimum Gasteiger partial charge on any atom is -0.458 e. The number of hydrogen-bond donors (Lipinski definition) is 1. The Hall–Kier alpha value is -3.15. The third-order valence-electron chi connectivity index (χ3n) is 4.14. The SMILES string of the molecule is Cc1cccc2nc(NC(Cc3ccccc3)C(=O)OC(C)(C)C)oc(=O)c12. The third-order valence-corrected chi connectivity index (χ3v) is 4.14. The van der Waals surface area contributed by atoms with Crippen molar-refractivity contribution in [1.82, 2.24) is 4.98 Å². The largest absolute Gasteiger partial charge is 0.458 e. The number of nitrogens with zero attached hydrogens (tertiary/aromatic N) is 1. The molecular formula is C22H24N2O4. The van der Waals surface area contributed by atoms with Crippen LogP contribution in [0.1, 0.15) is 31.9 Å². The number of aromatic nitrogens is 1. The second-order valence-electron chi connectivity index (χ2n) is 7.70. The van der Waals surface area contributed by atoms with Crippen LogP contribution < -0.4 is 10.9 Å². The molecule has 0 radical (unpaired) electrons. The number of carbonyl (C=O) groups excluding carboxylic acids is 1. The summed E-state index contributed by atoms with van der Waals surface area (Å²) in [4.78, 5) is 29.5. The van der Waals surface area contributed by atoms with Gasteiger partial charge in [-0.2, -0.15) is 4.98 Å². The molecule has 1 atom stereocenters. The number of ether oxygens (including phenoxy) is 1. The maximum absolute atomic E-state index is 12.7. The van der Waals surface area contributed by atoms with Crippen LogP contribution in [0.25, 0.3) is 10.9 Å². The molecule has 0 saturated heterocycles. The van der Waals surface area contributed by atoms with Crippen molar-refractivity contribution in [2.75, 3.05) is 5.32 Å². The second kappa shape index (κ2) is 7.84. The van der Waals surface area contributed by atoms with Gasteiger partial charge in [-0.1, -0.05) is 42.5 Å². The first kappa shape index (κ1) is 19.6. The van der Waals surface area contributed by atoms with Crippen molar-refractivity contribution in [1.29, 1.82) is 0 Å². The van der Waals surface area contributed by atoms with Crippen LogP contribution in [0.2, 0.25) is 0 Å². The van der Waals surface area contributed by atoms with Gasteiger partial charge in [0, 0.05) is 6.42 Å². The quantitative estimate of drug-likeness (QED) is 0.677. The lowest BCUT2D eigenvalue weighted by atomic mass is 10.1. The summed E-state index contributed by atoms with van der Waals surface area (Å²) in [5.74, 6) is -0.440. The Balaban J connectivity index is 1.93. The molecule has 1 N–H and O–H groups in total. The number of anilines is 1. The van der Waals surface area contributed by atoms with Gasteiger partial charge in [0.2, 0.25) is 0 Å². The molecule has 3 rings (SSSR count). The molecular weight excluding hydrogens is 356 g/mol. The van der Waals surface area contributed by atoms with Crippen LogP contribution in [-0.4, -0.2) is 22.6 Å². The van der Waals surface area contributed by atoms with Crippen LogP contribution in [0.4, 0.5) is 6.01 Å². The molecule has 3 aromatic rings. The molecule has 0 fully saturated rings. The molecule has 0 spiro atoms. The Bertz CT molecular complexity index is 1040. The van der Waals surface area contributed by atoms with Crippen LogP contribution in [0.3, 0.4) is 0 Å². The maximum Gasteiger partial charge on any atom is 0.348 e. The number of esters is 1. The van der Waals surface area contributed by atoms with Gasteiger partial charge in [0.15, 0.2) is 0 Å². The van der Waals surface area contributed by atoms with Gasteiger partial charge >= 0.3 is 11.6 Å². The number of hydrogen-bond acceptors (Lipinski definition) is 6. The van der Waals surface area contributed by atoms with E-state index in [0.29, 0.717) is 17.3 Å². The van der Waals surface area contributed by atoms with Crippen LogP contribution in [0.5, 0.6) is 0 Å². The van der Waals surface area contributed by atoms with Gasteiger partial charge in [0.1, 0.15) is 11.6 Å². The minimum absolute atomic E-state index is 0.00473. The number of fused-ring (bicyclic) bond motifs is 1. The van der Waals surface area contributed by atoms with Gasteiger partial charge in [0.05, 0.1) is 10.9 Å². The van der Waals surface area contributed by atoms with E-state index in [1.54, 1.807) is 6.07 Å². The predicted octanol–water partition coefficient (Wildman–Crippen LogP) is 3.86. The number of aryl methyl sites for hydroxylation is 1. The summed E-state index contributed by atoms with van der Waals surface area (Å²) in [6, 6.07) is 14.2. The average Bonchev–Trinajstić information content (AvgIpc) is 2.60. The van der Waals surface area contributed by atoms with E-state index in [4.69, 9.17) is 9.15 Å². The summed E-state index contributed by atoms with van der Waals surface area (Å²) in [6.45, 7) is 7.25. The zero-order valence-electron chi connectivity index (χ0n) is 16.5. The predicted molar refractivity (Wildman–Crippen MR) is 108 cm³/mol. The van der Waals surface area contributed by atoms with E-state index in [9.17, 15) is 9.59 Å². The molecule has 0 aliphatic rings. The van der Waals surface area contributed by atoms with Crippen LogP contribution >= 0.6 is 0 Å². The molecule has 0 amide bonds. The molecule has 6 nitrogen and oxygen atoms in total. The fourth-order valence-electron chi connectivity index (χ4n) is 2.91. The zero-order chi connectivity index (χ0) is 20.3. The van der Waals surface area contributed by atoms with Gasteiger partial charge in [-0.15, -0.1) is 0 Å². The van der Waals surface area contributed by atoms with Crippen LogP contribution in [0, 0.1) is 6.92 Å². The highest BCUT2D eigenvalue weighted by molar-refractivity contribution is 5.82. The van der Waals surface area contributed by atoms with E-state index in [1.807, 2.05) is 70.2 Å². The first-order chi connectivity index (χ1) is 13.2. The topological polar surface area (TPSA) is 81.4 Å². The van der Waals surface area contributed by atoms with Crippen LogP contribution in [0.15, 0.2) is 57.7 Å². The van der Waals surface area contributed by atoms with E-state index in [-0.39, 0.29) is 6.01 Å². The number of rotatable bonds is 5. The van der Waals surface area contributed by atoms with E-state index in [1.165, 1.54) is 0 Å². The van der Waals surface area contributed by atoms with Gasteiger partial charge in [0.25, 0.3) is 6.01 Å². The van der Waals surface area contributed by atoms with Crippen molar-refractivity contribution in [3.05, 3.63) is 70.1 Å². The number of benzene rings is 2. The molecule has 1 aromatic heterocycles. The van der Waals surface area contributed by atoms with Crippen LogP contribution in [-0.2, 0) is 16.0 Å². The van der Waals surface area contributed by atoms with Crippen molar-refractivity contribution in [2.24, 2.45) is 0 Å². The Labute approximate surface area is 163 Å². The van der Waals surface area contributed by atoms with Gasteiger partial charge < -0.3 is 14.5 Å². The van der Waals surface area contributed by atoms with Crippen molar-refractivity contribution in [3.8, 4) is 0 Å². The first-order valence-electron chi connectivity index (χ1n) is 9.17. The Kier molecular flexibility index (Phi) is 5.49. The highest BCUT2D eigenvalue weighted by Crippen LogP contribution is 2.18. The highest BCUT2D eigenvalue weighted by atomic mass is 16.6. The number of nitrogens with one attached hydrogen (secondary N) is 1. The monoisotopic (exact) mass is 380 g/mol. The molecule has 146 valence electrons. The lowest BCUT2D eigenvalue weighted by Crippen LogP contribution is -2.38. The molecule has 1 unspecified atom stereocenters. The van der Waals surface area contributed by atoms with Gasteiger partial charge in [-0.3, -0.25) is 0 Å². The second-order valence-corrected chi connectivity index (χ2v) is 7.70. The standard InChI is InChI=1S/C22H24N2O4/c1-14-9-8-12-16-18(14)20(26)27-21(23-16)24-17(19(25)28-22(2,3)4)13-15-10-6-5-7-11-15/h5-12,17H,13H2,1-4H3,(H,23,24). The van der Waals surface area contributed by atoms with E-state index >= 15 is 0 Å². The summed E-state index contributed by atoms with van der Waals surface area (Å²) in [5.41, 5.74) is 1.13. The molecule has 1 heterocycles. The molecule has 0 aliphatic heterocycles. The minimum atomic E-state index is -0.750. The molecule has 0 saturated carbocycles. The molecule has 0 aliphatic carbocycles. The van der Waals surface area contributed by atoms with Gasteiger partial charge in [-0.05, 0) is 44.9 Å². The van der Waals surface area contributed by atoms with E-state index in [2.05, 4.69) is 10.3 Å². The first-order valence-corrected chi connectivity index (χ1v) is 9.17. The van der Waals surface area contributed by atoms with Crippen molar-refractivity contribution in [3.63, 3.8) is 0 Å². The Morgan fingerprint density at radius 1 is 1.14 bits per heavy atom. The fourth-order valence-corrected chi connectivity index (χ4v) is 2.91. The average molecular weight is 380 g/mol. The Morgan fingerprint density at radius 3 is 2.54 bits per heavy atom.